The highest BCUT2D eigenvalue weighted by molar-refractivity contribution is 5.21. The summed E-state index contributed by atoms with van der Waals surface area (Å²) in [6.45, 7) is 9.83. The van der Waals surface area contributed by atoms with E-state index in [1.807, 2.05) is 0 Å². The van der Waals surface area contributed by atoms with Crippen molar-refractivity contribution in [2.45, 2.75) is 39.8 Å². The molecule has 1 unspecified atom stereocenters. The van der Waals surface area contributed by atoms with Gasteiger partial charge in [-0.2, -0.15) is 0 Å². The van der Waals surface area contributed by atoms with Gasteiger partial charge in [0.1, 0.15) is 0 Å². The number of benzene rings is 1. The number of nitrogens with one attached hydrogen (secondary N) is 1. The van der Waals surface area contributed by atoms with Gasteiger partial charge in [0.15, 0.2) is 0 Å². The Morgan fingerprint density at radius 1 is 1.35 bits per heavy atom. The molecule has 2 nitrogen and oxygen atoms in total. The molecule has 0 heterocycles. The lowest BCUT2D eigenvalue weighted by Gasteiger charge is -2.22. The minimum absolute atomic E-state index is 0.560. The number of hydrogen-bond acceptors (Lipinski definition) is 2. The molecule has 0 aliphatic rings. The van der Waals surface area contributed by atoms with Crippen LogP contribution in [0.5, 0.6) is 0 Å². The average molecular weight is 234 g/mol. The predicted molar refractivity (Wildman–Crippen MR) is 75.3 cm³/mol. The fraction of sp³-hybridized carbons (Fsp3) is 0.600. The summed E-state index contributed by atoms with van der Waals surface area (Å²) in [5.74, 6) is 0. The van der Waals surface area contributed by atoms with Gasteiger partial charge in [-0.05, 0) is 39.4 Å². The van der Waals surface area contributed by atoms with E-state index in [0.717, 1.165) is 19.6 Å². The second-order valence-corrected chi connectivity index (χ2v) is 5.04. The molecule has 0 saturated carbocycles. The highest BCUT2D eigenvalue weighted by Crippen LogP contribution is 2.06. The molecule has 0 spiro atoms. The van der Waals surface area contributed by atoms with Gasteiger partial charge < -0.3 is 10.2 Å². The lowest BCUT2D eigenvalue weighted by Crippen LogP contribution is -2.37. The maximum absolute atomic E-state index is 3.52. The summed E-state index contributed by atoms with van der Waals surface area (Å²) < 4.78 is 0. The molecule has 17 heavy (non-hydrogen) atoms. The van der Waals surface area contributed by atoms with Crippen LogP contribution in [0.25, 0.3) is 0 Å². The van der Waals surface area contributed by atoms with Gasteiger partial charge >= 0.3 is 0 Å². The van der Waals surface area contributed by atoms with Crippen molar-refractivity contribution in [3.05, 3.63) is 35.4 Å². The highest BCUT2D eigenvalue weighted by Gasteiger charge is 2.05. The summed E-state index contributed by atoms with van der Waals surface area (Å²) in [7, 11) is 2.19. The van der Waals surface area contributed by atoms with Gasteiger partial charge in [0.2, 0.25) is 0 Å². The second kappa shape index (κ2) is 7.46. The van der Waals surface area contributed by atoms with Crippen molar-refractivity contribution in [3.63, 3.8) is 0 Å². The summed E-state index contributed by atoms with van der Waals surface area (Å²) in [5.41, 5.74) is 2.74. The van der Waals surface area contributed by atoms with E-state index in [9.17, 15) is 0 Å². The van der Waals surface area contributed by atoms with Crippen LogP contribution < -0.4 is 5.32 Å². The highest BCUT2D eigenvalue weighted by atomic mass is 15.1. The normalized spacial score (nSPS) is 13.0. The first-order valence-electron chi connectivity index (χ1n) is 6.59. The molecule has 0 bridgehead atoms. The fourth-order valence-electron chi connectivity index (χ4n) is 2.11. The Hall–Kier alpha value is -0.860. The number of nitrogens with zero attached hydrogens (tertiary/aromatic N) is 1. The van der Waals surface area contributed by atoms with E-state index in [4.69, 9.17) is 0 Å². The molecular formula is C15H26N2. The Bertz CT molecular complexity index is 322. The zero-order valence-electron chi connectivity index (χ0n) is 11.7. The zero-order valence-corrected chi connectivity index (χ0v) is 11.7. The third-order valence-corrected chi connectivity index (χ3v) is 2.86. The lowest BCUT2D eigenvalue weighted by molar-refractivity contribution is 0.290. The predicted octanol–water partition coefficient (Wildman–Crippen LogP) is 2.81. The molecule has 0 fully saturated rings. The van der Waals surface area contributed by atoms with Gasteiger partial charge in [0.05, 0.1) is 0 Å². The molecule has 1 atom stereocenters. The Morgan fingerprint density at radius 3 is 2.76 bits per heavy atom. The molecule has 1 rings (SSSR count). The van der Waals surface area contributed by atoms with Crippen molar-refractivity contribution < 1.29 is 0 Å². The van der Waals surface area contributed by atoms with E-state index >= 15 is 0 Å². The van der Waals surface area contributed by atoms with Gasteiger partial charge in [-0.1, -0.05) is 36.8 Å². The molecular weight excluding hydrogens is 208 g/mol. The average Bonchev–Trinajstić information content (AvgIpc) is 2.26. The number of aryl methyl sites for hydroxylation is 1. The van der Waals surface area contributed by atoms with Crippen LogP contribution >= 0.6 is 0 Å². The maximum Gasteiger partial charge on any atom is 0.0231 e. The van der Waals surface area contributed by atoms with Gasteiger partial charge in [-0.25, -0.2) is 0 Å². The molecule has 1 aromatic rings. The topological polar surface area (TPSA) is 15.3 Å². The number of hydrogen-bond donors (Lipinski definition) is 1. The minimum atomic E-state index is 0.560. The van der Waals surface area contributed by atoms with E-state index in [-0.39, 0.29) is 0 Å². The van der Waals surface area contributed by atoms with Crippen molar-refractivity contribution in [2.75, 3.05) is 20.1 Å². The molecule has 0 saturated heterocycles. The Labute approximate surface area is 106 Å². The molecule has 2 heteroatoms. The van der Waals surface area contributed by atoms with E-state index in [0.29, 0.717) is 6.04 Å². The van der Waals surface area contributed by atoms with Crippen LogP contribution in [0.15, 0.2) is 24.3 Å². The largest absolute Gasteiger partial charge is 0.313 e. The van der Waals surface area contributed by atoms with E-state index in [1.54, 1.807) is 0 Å². The van der Waals surface area contributed by atoms with Crippen molar-refractivity contribution >= 4 is 0 Å². The monoisotopic (exact) mass is 234 g/mol. The summed E-state index contributed by atoms with van der Waals surface area (Å²) in [4.78, 5) is 2.38. The first-order valence-corrected chi connectivity index (χ1v) is 6.59. The second-order valence-electron chi connectivity index (χ2n) is 5.04. The Kier molecular flexibility index (Phi) is 6.23. The Balaban J connectivity index is 2.36. The minimum Gasteiger partial charge on any atom is -0.313 e. The standard InChI is InChI=1S/C15H26N2/c1-5-9-16-14(3)11-17(4)12-15-8-6-7-13(2)10-15/h6-8,10,14,16H,5,9,11-12H2,1-4H3. The molecule has 0 aliphatic carbocycles. The van der Waals surface area contributed by atoms with Gasteiger partial charge in [-0.15, -0.1) is 0 Å². The summed E-state index contributed by atoms with van der Waals surface area (Å²) >= 11 is 0. The lowest BCUT2D eigenvalue weighted by atomic mass is 10.1. The third kappa shape index (κ3) is 5.85. The van der Waals surface area contributed by atoms with Gasteiger partial charge in [0.25, 0.3) is 0 Å². The number of likely N-dealkylation sites (N-methyl/N-ethyl adjacent to an activating group) is 1. The van der Waals surface area contributed by atoms with Crippen LogP contribution in [0, 0.1) is 6.92 Å². The SMILES string of the molecule is CCCNC(C)CN(C)Cc1cccc(C)c1. The molecule has 0 aliphatic heterocycles. The molecule has 1 aromatic carbocycles. The van der Waals surface area contributed by atoms with Crippen LogP contribution in [-0.2, 0) is 6.54 Å². The fourth-order valence-corrected chi connectivity index (χ4v) is 2.11. The van der Waals surface area contributed by atoms with Crippen LogP contribution in [0.3, 0.4) is 0 Å². The third-order valence-electron chi connectivity index (χ3n) is 2.86. The van der Waals surface area contributed by atoms with Crippen molar-refractivity contribution in [1.82, 2.24) is 10.2 Å². The molecule has 0 amide bonds. The summed E-state index contributed by atoms with van der Waals surface area (Å²) in [6, 6.07) is 9.31. The van der Waals surface area contributed by atoms with Crippen molar-refractivity contribution in [1.29, 1.82) is 0 Å². The molecule has 1 N–H and O–H groups in total. The van der Waals surface area contributed by atoms with Crippen LogP contribution in [-0.4, -0.2) is 31.1 Å². The summed E-state index contributed by atoms with van der Waals surface area (Å²) in [6.07, 6.45) is 1.20. The first-order chi connectivity index (χ1) is 8.11. The maximum atomic E-state index is 3.52. The molecule has 0 radical (unpaired) electrons. The van der Waals surface area contributed by atoms with Gasteiger partial charge in [0, 0.05) is 19.1 Å². The summed E-state index contributed by atoms with van der Waals surface area (Å²) in [5, 5.41) is 3.52. The quantitative estimate of drug-likeness (QED) is 0.780. The molecule has 0 aromatic heterocycles. The smallest absolute Gasteiger partial charge is 0.0231 e. The van der Waals surface area contributed by atoms with E-state index in [1.165, 1.54) is 17.5 Å². The van der Waals surface area contributed by atoms with Crippen LogP contribution in [0.1, 0.15) is 31.4 Å². The van der Waals surface area contributed by atoms with E-state index < -0.39 is 0 Å². The van der Waals surface area contributed by atoms with E-state index in [2.05, 4.69) is 62.3 Å². The zero-order chi connectivity index (χ0) is 12.7. The number of rotatable bonds is 7. The van der Waals surface area contributed by atoms with Gasteiger partial charge in [-0.3, -0.25) is 0 Å². The van der Waals surface area contributed by atoms with Crippen molar-refractivity contribution in [3.8, 4) is 0 Å². The first kappa shape index (κ1) is 14.2. The van der Waals surface area contributed by atoms with Crippen LogP contribution in [0.2, 0.25) is 0 Å². The Morgan fingerprint density at radius 2 is 2.12 bits per heavy atom. The van der Waals surface area contributed by atoms with Crippen molar-refractivity contribution in [2.24, 2.45) is 0 Å². The van der Waals surface area contributed by atoms with Crippen LogP contribution in [0.4, 0.5) is 0 Å². The molecule has 96 valence electrons.